The van der Waals surface area contributed by atoms with E-state index in [9.17, 15) is 0 Å². The second-order valence-corrected chi connectivity index (χ2v) is 4.19. The third-order valence-electron chi connectivity index (χ3n) is 3.20. The average molecular weight is 205 g/mol. The van der Waals surface area contributed by atoms with E-state index in [4.69, 9.17) is 0 Å². The molecule has 1 atom stereocenters. The second kappa shape index (κ2) is 4.71. The van der Waals surface area contributed by atoms with Crippen molar-refractivity contribution in [1.29, 1.82) is 0 Å². The van der Waals surface area contributed by atoms with E-state index in [-0.39, 0.29) is 0 Å². The van der Waals surface area contributed by atoms with Crippen LogP contribution in [-0.2, 0) is 6.42 Å². The number of nitrogens with one attached hydrogen (secondary N) is 1. The highest BCUT2D eigenvalue weighted by atomic mass is 15.0. The first-order valence-corrected chi connectivity index (χ1v) is 5.86. The van der Waals surface area contributed by atoms with Crippen LogP contribution >= 0.6 is 0 Å². The Bertz CT molecular complexity index is 330. The Kier molecular flexibility index (Phi) is 3.31. The van der Waals surface area contributed by atoms with E-state index in [1.165, 1.54) is 36.2 Å². The standard InChI is InChI=1S/C12H19N3/c1-3-10-9(2)12(15-8-14-10)11-6-4-5-7-13-11/h8,11,13H,3-7H2,1-2H3. The van der Waals surface area contributed by atoms with Gasteiger partial charge in [-0.1, -0.05) is 13.3 Å². The van der Waals surface area contributed by atoms with Gasteiger partial charge in [-0.05, 0) is 38.3 Å². The topological polar surface area (TPSA) is 37.8 Å². The van der Waals surface area contributed by atoms with Gasteiger partial charge in [0.1, 0.15) is 6.33 Å². The van der Waals surface area contributed by atoms with Gasteiger partial charge < -0.3 is 5.32 Å². The van der Waals surface area contributed by atoms with Crippen LogP contribution in [0, 0.1) is 6.92 Å². The summed E-state index contributed by atoms with van der Waals surface area (Å²) in [4.78, 5) is 8.75. The van der Waals surface area contributed by atoms with Gasteiger partial charge in [0.05, 0.1) is 5.69 Å². The van der Waals surface area contributed by atoms with Gasteiger partial charge in [-0.15, -0.1) is 0 Å². The lowest BCUT2D eigenvalue weighted by molar-refractivity contribution is 0.403. The van der Waals surface area contributed by atoms with E-state index in [1.807, 2.05) is 0 Å². The zero-order valence-corrected chi connectivity index (χ0v) is 9.58. The fourth-order valence-corrected chi connectivity index (χ4v) is 2.30. The van der Waals surface area contributed by atoms with E-state index < -0.39 is 0 Å². The van der Waals surface area contributed by atoms with Gasteiger partial charge in [-0.2, -0.15) is 0 Å². The Hall–Kier alpha value is -0.960. The number of nitrogens with zero attached hydrogens (tertiary/aromatic N) is 2. The minimum absolute atomic E-state index is 0.451. The molecule has 1 aliphatic rings. The van der Waals surface area contributed by atoms with Gasteiger partial charge >= 0.3 is 0 Å². The molecule has 1 N–H and O–H groups in total. The highest BCUT2D eigenvalue weighted by Crippen LogP contribution is 2.24. The molecule has 1 saturated heterocycles. The van der Waals surface area contributed by atoms with Crippen molar-refractivity contribution in [2.45, 2.75) is 45.6 Å². The minimum Gasteiger partial charge on any atom is -0.309 e. The van der Waals surface area contributed by atoms with Crippen molar-refractivity contribution in [3.63, 3.8) is 0 Å². The van der Waals surface area contributed by atoms with E-state index in [1.54, 1.807) is 6.33 Å². The SMILES string of the molecule is CCc1ncnc(C2CCCCN2)c1C. The summed E-state index contributed by atoms with van der Waals surface area (Å²) in [6.07, 6.45) is 6.51. The largest absolute Gasteiger partial charge is 0.309 e. The van der Waals surface area contributed by atoms with Crippen molar-refractivity contribution < 1.29 is 0 Å². The maximum absolute atomic E-state index is 4.44. The van der Waals surface area contributed by atoms with Crippen molar-refractivity contribution in [2.75, 3.05) is 6.54 Å². The third kappa shape index (κ3) is 2.17. The van der Waals surface area contributed by atoms with Crippen LogP contribution in [0.5, 0.6) is 0 Å². The van der Waals surface area contributed by atoms with Gasteiger partial charge in [0.15, 0.2) is 0 Å². The van der Waals surface area contributed by atoms with Crippen LogP contribution in [0.2, 0.25) is 0 Å². The molecular formula is C12H19N3. The summed E-state index contributed by atoms with van der Waals surface area (Å²) in [5, 5.41) is 3.54. The molecule has 15 heavy (non-hydrogen) atoms. The molecule has 2 rings (SSSR count). The zero-order chi connectivity index (χ0) is 10.7. The minimum atomic E-state index is 0.451. The Morgan fingerprint density at radius 3 is 2.93 bits per heavy atom. The number of aromatic nitrogens is 2. The lowest BCUT2D eigenvalue weighted by Crippen LogP contribution is -2.28. The monoisotopic (exact) mass is 205 g/mol. The molecule has 0 bridgehead atoms. The normalized spacial score (nSPS) is 21.6. The molecule has 0 aromatic carbocycles. The van der Waals surface area contributed by atoms with Crippen LogP contribution < -0.4 is 5.32 Å². The lowest BCUT2D eigenvalue weighted by atomic mass is 9.98. The maximum atomic E-state index is 4.44. The molecule has 1 aromatic rings. The predicted molar refractivity (Wildman–Crippen MR) is 60.7 cm³/mol. The fourth-order valence-electron chi connectivity index (χ4n) is 2.30. The van der Waals surface area contributed by atoms with E-state index in [0.717, 1.165) is 13.0 Å². The third-order valence-corrected chi connectivity index (χ3v) is 3.20. The highest BCUT2D eigenvalue weighted by molar-refractivity contribution is 5.25. The van der Waals surface area contributed by atoms with Crippen molar-refractivity contribution in [3.05, 3.63) is 23.3 Å². The van der Waals surface area contributed by atoms with Crippen LogP contribution in [0.3, 0.4) is 0 Å². The molecule has 0 amide bonds. The number of aryl methyl sites for hydroxylation is 1. The summed E-state index contributed by atoms with van der Waals surface area (Å²) in [6.45, 7) is 5.41. The first-order chi connectivity index (χ1) is 7.33. The molecule has 3 nitrogen and oxygen atoms in total. The van der Waals surface area contributed by atoms with E-state index in [0.29, 0.717) is 6.04 Å². The molecule has 1 aromatic heterocycles. The predicted octanol–water partition coefficient (Wildman–Crippen LogP) is 2.16. The number of hydrogen-bond donors (Lipinski definition) is 1. The molecule has 0 radical (unpaired) electrons. The van der Waals surface area contributed by atoms with Crippen molar-refractivity contribution >= 4 is 0 Å². The van der Waals surface area contributed by atoms with Crippen molar-refractivity contribution in [1.82, 2.24) is 15.3 Å². The number of rotatable bonds is 2. The molecule has 82 valence electrons. The molecule has 1 aliphatic heterocycles. The summed E-state index contributed by atoms with van der Waals surface area (Å²) < 4.78 is 0. The van der Waals surface area contributed by atoms with Crippen LogP contribution in [-0.4, -0.2) is 16.5 Å². The number of piperidine rings is 1. The lowest BCUT2D eigenvalue weighted by Gasteiger charge is -2.24. The first-order valence-electron chi connectivity index (χ1n) is 5.86. The van der Waals surface area contributed by atoms with Crippen LogP contribution in [0.1, 0.15) is 49.2 Å². The molecular weight excluding hydrogens is 186 g/mol. The van der Waals surface area contributed by atoms with Crippen molar-refractivity contribution in [3.8, 4) is 0 Å². The maximum Gasteiger partial charge on any atom is 0.116 e. The smallest absolute Gasteiger partial charge is 0.116 e. The molecule has 2 heterocycles. The fraction of sp³-hybridized carbons (Fsp3) is 0.667. The molecule has 0 aliphatic carbocycles. The van der Waals surface area contributed by atoms with Crippen LogP contribution in [0.15, 0.2) is 6.33 Å². The quantitative estimate of drug-likeness (QED) is 0.804. The summed E-state index contributed by atoms with van der Waals surface area (Å²) in [6, 6.07) is 0.451. The molecule has 0 saturated carbocycles. The average Bonchev–Trinajstić information content (AvgIpc) is 2.30. The van der Waals surface area contributed by atoms with Crippen LogP contribution in [0.4, 0.5) is 0 Å². The van der Waals surface area contributed by atoms with Gasteiger partial charge in [-0.3, -0.25) is 0 Å². The van der Waals surface area contributed by atoms with Gasteiger partial charge in [0.2, 0.25) is 0 Å². The summed E-state index contributed by atoms with van der Waals surface area (Å²) in [5.41, 5.74) is 3.67. The second-order valence-electron chi connectivity index (χ2n) is 4.19. The Morgan fingerprint density at radius 1 is 1.40 bits per heavy atom. The summed E-state index contributed by atoms with van der Waals surface area (Å²) in [5.74, 6) is 0. The Morgan fingerprint density at radius 2 is 2.27 bits per heavy atom. The molecule has 1 fully saturated rings. The summed E-state index contributed by atoms with van der Waals surface area (Å²) >= 11 is 0. The highest BCUT2D eigenvalue weighted by Gasteiger charge is 2.18. The van der Waals surface area contributed by atoms with Crippen LogP contribution in [0.25, 0.3) is 0 Å². The molecule has 3 heteroatoms. The van der Waals surface area contributed by atoms with E-state index in [2.05, 4.69) is 29.1 Å². The van der Waals surface area contributed by atoms with E-state index >= 15 is 0 Å². The first kappa shape index (κ1) is 10.6. The van der Waals surface area contributed by atoms with Gasteiger partial charge in [0, 0.05) is 11.7 Å². The Labute approximate surface area is 91.3 Å². The zero-order valence-electron chi connectivity index (χ0n) is 9.58. The molecule has 0 spiro atoms. The van der Waals surface area contributed by atoms with Crippen molar-refractivity contribution in [2.24, 2.45) is 0 Å². The molecule has 1 unspecified atom stereocenters. The van der Waals surface area contributed by atoms with Gasteiger partial charge in [0.25, 0.3) is 0 Å². The number of hydrogen-bond acceptors (Lipinski definition) is 3. The Balaban J connectivity index is 2.26. The van der Waals surface area contributed by atoms with Gasteiger partial charge in [-0.25, -0.2) is 9.97 Å². The summed E-state index contributed by atoms with van der Waals surface area (Å²) in [7, 11) is 0.